The largest absolute Gasteiger partial charge is 0.505 e. The van der Waals surface area contributed by atoms with Crippen molar-refractivity contribution in [2.24, 2.45) is 10.3 Å². The topological polar surface area (TPSA) is 134 Å². The molecule has 0 unspecified atom stereocenters. The zero-order chi connectivity index (χ0) is 25.6. The van der Waals surface area contributed by atoms with Crippen molar-refractivity contribution in [2.75, 3.05) is 16.8 Å². The lowest BCUT2D eigenvalue weighted by Crippen LogP contribution is -2.34. The third kappa shape index (κ3) is 4.30. The first kappa shape index (κ1) is 24.2. The fourth-order valence-electron chi connectivity index (χ4n) is 4.23. The van der Waals surface area contributed by atoms with Crippen LogP contribution in [0.15, 0.2) is 49.8 Å². The molecule has 1 fully saturated rings. The van der Waals surface area contributed by atoms with Crippen molar-refractivity contribution in [1.82, 2.24) is 9.78 Å². The highest BCUT2D eigenvalue weighted by Gasteiger charge is 2.32. The lowest BCUT2D eigenvalue weighted by molar-refractivity contribution is -0.117. The van der Waals surface area contributed by atoms with Crippen molar-refractivity contribution < 1.29 is 18.3 Å². The number of aromatic hydroxyl groups is 1. The summed E-state index contributed by atoms with van der Waals surface area (Å²) >= 11 is 1.34. The molecule has 1 saturated heterocycles. The summed E-state index contributed by atoms with van der Waals surface area (Å²) in [6, 6.07) is 8.16. The Hall–Kier alpha value is -3.51. The summed E-state index contributed by atoms with van der Waals surface area (Å²) in [5.74, 6) is -0.471. The van der Waals surface area contributed by atoms with Gasteiger partial charge in [-0.3, -0.25) is 9.59 Å². The first-order valence-corrected chi connectivity index (χ1v) is 13.9. The van der Waals surface area contributed by atoms with E-state index in [-0.39, 0.29) is 33.6 Å². The van der Waals surface area contributed by atoms with Gasteiger partial charge in [0, 0.05) is 25.2 Å². The molecule has 5 rings (SSSR count). The number of amidine groups is 1. The molecular formula is C24H25N5O5S2. The molecule has 1 amide bonds. The minimum atomic E-state index is -4.24. The number of carbonyl (C=O) groups excluding carboxylic acids is 1. The maximum Gasteiger partial charge on any atom is 0.286 e. The molecule has 2 aliphatic rings. The second-order valence-corrected chi connectivity index (χ2v) is 11.6. The van der Waals surface area contributed by atoms with Crippen molar-refractivity contribution in [2.45, 2.75) is 44.6 Å². The van der Waals surface area contributed by atoms with Gasteiger partial charge in [0.15, 0.2) is 11.6 Å². The van der Waals surface area contributed by atoms with Crippen LogP contribution in [-0.4, -0.2) is 41.6 Å². The first-order valence-electron chi connectivity index (χ1n) is 11.6. The molecular weight excluding hydrogens is 502 g/mol. The average molecular weight is 528 g/mol. The number of nitrogens with one attached hydrogen (secondary N) is 1. The first-order chi connectivity index (χ1) is 17.2. The van der Waals surface area contributed by atoms with Gasteiger partial charge >= 0.3 is 0 Å². The van der Waals surface area contributed by atoms with Crippen LogP contribution in [0.4, 0.5) is 11.4 Å². The molecule has 2 aliphatic heterocycles. The molecule has 10 nitrogen and oxygen atoms in total. The van der Waals surface area contributed by atoms with E-state index in [1.807, 2.05) is 19.2 Å². The van der Waals surface area contributed by atoms with Gasteiger partial charge in [0.25, 0.3) is 15.6 Å². The van der Waals surface area contributed by atoms with Crippen LogP contribution < -0.4 is 15.8 Å². The van der Waals surface area contributed by atoms with E-state index in [4.69, 9.17) is 0 Å². The number of sulfonamides is 1. The van der Waals surface area contributed by atoms with E-state index in [2.05, 4.69) is 14.8 Å². The number of fused-ring (bicyclic) bond motifs is 1. The van der Waals surface area contributed by atoms with Gasteiger partial charge in [-0.15, -0.1) is 15.7 Å². The van der Waals surface area contributed by atoms with Gasteiger partial charge < -0.3 is 15.3 Å². The Morgan fingerprint density at radius 2 is 2.03 bits per heavy atom. The highest BCUT2D eigenvalue weighted by Crippen LogP contribution is 2.36. The van der Waals surface area contributed by atoms with E-state index in [0.29, 0.717) is 48.8 Å². The Labute approximate surface area is 212 Å². The molecule has 3 aromatic rings. The van der Waals surface area contributed by atoms with E-state index in [0.717, 1.165) is 0 Å². The Kier molecular flexibility index (Phi) is 6.17. The van der Waals surface area contributed by atoms with Crippen molar-refractivity contribution >= 4 is 44.5 Å². The Morgan fingerprint density at radius 1 is 1.22 bits per heavy atom. The lowest BCUT2D eigenvalue weighted by Gasteiger charge is -2.22. The van der Waals surface area contributed by atoms with Crippen LogP contribution in [0.25, 0.3) is 10.6 Å². The maximum atomic E-state index is 13.4. The summed E-state index contributed by atoms with van der Waals surface area (Å²) in [7, 11) is -4.24. The minimum absolute atomic E-state index is 0.0648. The Balaban J connectivity index is 1.62. The predicted octanol–water partition coefficient (Wildman–Crippen LogP) is 3.41. The van der Waals surface area contributed by atoms with Crippen LogP contribution in [0.2, 0.25) is 0 Å². The van der Waals surface area contributed by atoms with Crippen LogP contribution in [0, 0.1) is 5.92 Å². The summed E-state index contributed by atoms with van der Waals surface area (Å²) < 4.78 is 31.5. The van der Waals surface area contributed by atoms with E-state index >= 15 is 0 Å². The SMILES string of the molecule is CC(C)CCn1nc(-c2cccs2)c(O)c(C2=NS(=O)(=O)c3cc(N4CCCC4=O)ccc3N2)c1=O. The number of rotatable bonds is 6. The minimum Gasteiger partial charge on any atom is -0.505 e. The molecule has 12 heteroatoms. The average Bonchev–Trinajstić information content (AvgIpc) is 3.50. The number of amides is 1. The second-order valence-electron chi connectivity index (χ2n) is 9.13. The predicted molar refractivity (Wildman–Crippen MR) is 138 cm³/mol. The Morgan fingerprint density at radius 3 is 2.69 bits per heavy atom. The molecule has 0 saturated carbocycles. The van der Waals surface area contributed by atoms with Gasteiger partial charge in [-0.25, -0.2) is 4.68 Å². The molecule has 4 heterocycles. The molecule has 2 N–H and O–H groups in total. The maximum absolute atomic E-state index is 13.4. The summed E-state index contributed by atoms with van der Waals surface area (Å²) in [5, 5.41) is 20.2. The summed E-state index contributed by atoms with van der Waals surface area (Å²) in [5.41, 5.74) is -0.0396. The Bertz CT molecular complexity index is 1540. The summed E-state index contributed by atoms with van der Waals surface area (Å²) in [6.07, 6.45) is 1.79. The molecule has 0 spiro atoms. The summed E-state index contributed by atoms with van der Waals surface area (Å²) in [4.78, 5) is 27.6. The normalized spacial score (nSPS) is 16.7. The molecule has 188 valence electrons. The second kappa shape index (κ2) is 9.17. The molecule has 0 bridgehead atoms. The number of hydrogen-bond donors (Lipinski definition) is 2. The number of aromatic nitrogens is 2. The number of carbonyl (C=O) groups is 1. The van der Waals surface area contributed by atoms with E-state index < -0.39 is 21.3 Å². The molecule has 1 aromatic carbocycles. The smallest absolute Gasteiger partial charge is 0.286 e. The number of anilines is 2. The van der Waals surface area contributed by atoms with Gasteiger partial charge in [-0.1, -0.05) is 19.9 Å². The van der Waals surface area contributed by atoms with Gasteiger partial charge in [-0.2, -0.15) is 13.5 Å². The highest BCUT2D eigenvalue weighted by molar-refractivity contribution is 7.90. The fourth-order valence-corrected chi connectivity index (χ4v) is 6.08. The fraction of sp³-hybridized carbons (Fsp3) is 0.333. The van der Waals surface area contributed by atoms with Crippen LogP contribution in [-0.2, 0) is 21.4 Å². The number of nitrogens with zero attached hydrogens (tertiary/aromatic N) is 4. The van der Waals surface area contributed by atoms with Gasteiger partial charge in [0.2, 0.25) is 5.91 Å². The van der Waals surface area contributed by atoms with E-state index in [1.165, 1.54) is 28.2 Å². The van der Waals surface area contributed by atoms with Crippen LogP contribution in [0.1, 0.15) is 38.7 Å². The monoisotopic (exact) mass is 527 g/mol. The molecule has 0 atom stereocenters. The van der Waals surface area contributed by atoms with E-state index in [9.17, 15) is 23.1 Å². The molecule has 0 aliphatic carbocycles. The number of hydrogen-bond acceptors (Lipinski definition) is 8. The van der Waals surface area contributed by atoms with Crippen LogP contribution in [0.3, 0.4) is 0 Å². The third-order valence-electron chi connectivity index (χ3n) is 6.13. The quantitative estimate of drug-likeness (QED) is 0.502. The molecule has 0 radical (unpaired) electrons. The van der Waals surface area contributed by atoms with Crippen LogP contribution in [0.5, 0.6) is 5.75 Å². The zero-order valence-electron chi connectivity index (χ0n) is 19.8. The summed E-state index contributed by atoms with van der Waals surface area (Å²) in [6.45, 7) is 4.86. The lowest BCUT2D eigenvalue weighted by atomic mass is 10.1. The highest BCUT2D eigenvalue weighted by atomic mass is 32.2. The van der Waals surface area contributed by atoms with Gasteiger partial charge in [-0.05, 0) is 48.4 Å². The molecule has 36 heavy (non-hydrogen) atoms. The zero-order valence-corrected chi connectivity index (χ0v) is 21.4. The van der Waals surface area contributed by atoms with Crippen molar-refractivity contribution in [3.8, 4) is 16.3 Å². The third-order valence-corrected chi connectivity index (χ3v) is 8.33. The van der Waals surface area contributed by atoms with E-state index in [1.54, 1.807) is 23.1 Å². The van der Waals surface area contributed by atoms with Crippen molar-refractivity contribution in [1.29, 1.82) is 0 Å². The standard InChI is InChI=1S/C24H25N5O5S2/c1-14(2)9-11-29-24(32)20(22(31)21(26-29)17-5-4-12-35-17)23-25-16-8-7-15(28-10-3-6-19(28)30)13-18(16)36(33,34)27-23/h4-5,7-8,12-14,31H,3,6,9-11H2,1-2H3,(H,25,27). The molecule has 2 aromatic heterocycles. The number of thiophene rings is 1. The van der Waals surface area contributed by atoms with Crippen molar-refractivity contribution in [3.63, 3.8) is 0 Å². The number of aryl methyl sites for hydroxylation is 1. The van der Waals surface area contributed by atoms with Gasteiger partial charge in [0.05, 0.1) is 10.6 Å². The van der Waals surface area contributed by atoms with Crippen molar-refractivity contribution in [3.05, 3.63) is 51.6 Å². The van der Waals surface area contributed by atoms with Gasteiger partial charge in [0.1, 0.15) is 16.2 Å². The number of benzene rings is 1. The van der Waals surface area contributed by atoms with Crippen LogP contribution >= 0.6 is 11.3 Å².